The van der Waals surface area contributed by atoms with Gasteiger partial charge in [-0.05, 0) is 18.7 Å². The van der Waals surface area contributed by atoms with Crippen LogP contribution in [0, 0.1) is 0 Å². The highest BCUT2D eigenvalue weighted by Crippen LogP contribution is 2.53. The summed E-state index contributed by atoms with van der Waals surface area (Å²) in [6, 6.07) is 0. The molecule has 4 aromatic rings. The van der Waals surface area contributed by atoms with Crippen LogP contribution in [0.15, 0.2) is 25.3 Å². The Kier molecular flexibility index (Phi) is 9.13. The van der Waals surface area contributed by atoms with Crippen molar-refractivity contribution in [3.05, 3.63) is 25.3 Å². The first kappa shape index (κ1) is 33.5. The summed E-state index contributed by atoms with van der Waals surface area (Å²) in [7, 11) is 1.53. The lowest BCUT2D eigenvalue weighted by Crippen LogP contribution is -2.36. The van der Waals surface area contributed by atoms with Crippen molar-refractivity contribution in [1.29, 1.82) is 0 Å². The molecule has 0 bridgehead atoms. The molecule has 0 aromatic carbocycles. The van der Waals surface area contributed by atoms with Gasteiger partial charge in [0.25, 0.3) is 0 Å². The Balaban J connectivity index is 1.20. The van der Waals surface area contributed by atoms with E-state index in [0.717, 1.165) is 0 Å². The molecule has 2 unspecified atom stereocenters. The van der Waals surface area contributed by atoms with Crippen molar-refractivity contribution >= 4 is 71.5 Å². The number of nitrogen functional groups attached to an aromatic ring is 2. The minimum Gasteiger partial charge on any atom is -0.387 e. The number of thiol groups is 1. The van der Waals surface area contributed by atoms with Crippen LogP contribution in [0.25, 0.3) is 22.3 Å². The monoisotopic (exact) mass is 720 g/mol. The summed E-state index contributed by atoms with van der Waals surface area (Å²) in [4.78, 5) is 45.5. The first-order chi connectivity index (χ1) is 21.7. The molecule has 2 aliphatic heterocycles. The first-order valence-corrected chi connectivity index (χ1v) is 18.8. The zero-order valence-electron chi connectivity index (χ0n) is 24.1. The minimum atomic E-state index is -4.23. The number of aromatic nitrogens is 8. The lowest BCUT2D eigenvalue weighted by molar-refractivity contribution is -0.101. The number of hydrogen-bond acceptors (Lipinski definition) is 17. The molecule has 4 aromatic heterocycles. The van der Waals surface area contributed by atoms with E-state index < -0.39 is 62.6 Å². The van der Waals surface area contributed by atoms with Gasteiger partial charge in [0.05, 0.1) is 31.5 Å². The number of anilines is 2. The van der Waals surface area contributed by atoms with Crippen molar-refractivity contribution in [2.75, 3.05) is 31.8 Å². The third-order valence-corrected chi connectivity index (χ3v) is 9.86. The number of aliphatic hydroxyl groups excluding tert-OH is 1. The van der Waals surface area contributed by atoms with Gasteiger partial charge in [0.15, 0.2) is 35.4 Å². The Morgan fingerprint density at radius 1 is 1.04 bits per heavy atom. The van der Waals surface area contributed by atoms with Gasteiger partial charge in [-0.15, -0.1) is 0 Å². The van der Waals surface area contributed by atoms with Gasteiger partial charge in [-0.1, -0.05) is 12.2 Å². The summed E-state index contributed by atoms with van der Waals surface area (Å²) in [6.07, 6.45) is -0.876. The van der Waals surface area contributed by atoms with Crippen LogP contribution in [-0.2, 0) is 44.2 Å². The third kappa shape index (κ3) is 6.63. The number of rotatable bonds is 11. The van der Waals surface area contributed by atoms with Gasteiger partial charge < -0.3 is 45.1 Å². The van der Waals surface area contributed by atoms with Crippen LogP contribution in [0.4, 0.5) is 11.6 Å². The van der Waals surface area contributed by atoms with Crippen molar-refractivity contribution < 1.29 is 47.2 Å². The molecule has 6 heterocycles. The van der Waals surface area contributed by atoms with Gasteiger partial charge in [-0.25, -0.2) is 34.5 Å². The molecule has 24 heteroatoms. The SMILES string of the molecule is CO[C@@H]1C[C@@](C)(COP(O)(=S)O[C@@H]2[C@H](O)[C@@H](COP(=O)(O)S)O[C@H]2n2cnc3c(N)ncnc32)O[C@H]1n1cnc2c(N)ncnc21. The van der Waals surface area contributed by atoms with Crippen molar-refractivity contribution in [3.63, 3.8) is 0 Å². The van der Waals surface area contributed by atoms with Crippen LogP contribution in [0.1, 0.15) is 25.8 Å². The summed E-state index contributed by atoms with van der Waals surface area (Å²) in [5, 5.41) is 11.2. The molecular weight excluding hydrogens is 690 g/mol. The Morgan fingerprint density at radius 3 is 2.20 bits per heavy atom. The number of nitrogens with two attached hydrogens (primary N) is 2. The molecule has 0 saturated carbocycles. The molecule has 0 radical (unpaired) electrons. The molecule has 0 aliphatic carbocycles. The summed E-state index contributed by atoms with van der Waals surface area (Å²) in [5.74, 6) is 0.296. The molecule has 0 amide bonds. The van der Waals surface area contributed by atoms with E-state index in [1.54, 1.807) is 11.5 Å². The largest absolute Gasteiger partial charge is 0.387 e. The fourth-order valence-electron chi connectivity index (χ4n) is 5.35. The van der Waals surface area contributed by atoms with E-state index in [9.17, 15) is 19.5 Å². The summed E-state index contributed by atoms with van der Waals surface area (Å²) < 4.78 is 49.1. The predicted molar refractivity (Wildman–Crippen MR) is 165 cm³/mol. The van der Waals surface area contributed by atoms with Crippen LogP contribution in [0.3, 0.4) is 0 Å². The second-order valence-electron chi connectivity index (χ2n) is 10.8. The molecule has 2 fully saturated rings. The van der Waals surface area contributed by atoms with Gasteiger partial charge >= 0.3 is 13.5 Å². The summed E-state index contributed by atoms with van der Waals surface area (Å²) in [6.45, 7) is -7.44. The Bertz CT molecular complexity index is 1850. The van der Waals surface area contributed by atoms with E-state index in [-0.39, 0.29) is 29.4 Å². The maximum atomic E-state index is 11.6. The van der Waals surface area contributed by atoms with E-state index >= 15 is 0 Å². The number of nitrogens with zero attached hydrogens (tertiary/aromatic N) is 8. The highest BCUT2D eigenvalue weighted by atomic mass is 32.7. The smallest absolute Gasteiger partial charge is 0.383 e. The molecule has 2 aliphatic rings. The lowest BCUT2D eigenvalue weighted by Gasteiger charge is -2.29. The molecule has 250 valence electrons. The van der Waals surface area contributed by atoms with Crippen molar-refractivity contribution in [2.24, 2.45) is 0 Å². The number of hydrogen-bond donors (Lipinski definition) is 6. The standard InChI is InChI=1S/C22H30N10O10P2S2/c1-22(3-10(37-2)20(41-22)31-8-29-12-16(23)25-6-27-18(12)31)5-39-44(36,46)42-15-14(33)11(4-38-43(34,35)45)40-21(15)32-9-30-13-17(24)26-7-28-19(13)32/h6-11,14-15,20-21,33H,3-5H2,1-2H3,(H,36,46)(H2,23,25,27)(H2,24,26,28)(H2,34,35,45)/t10-,11-,14-,15-,20-,21-,22+,44?/m1/s1. The van der Waals surface area contributed by atoms with Crippen molar-refractivity contribution in [2.45, 2.75) is 55.8 Å². The molecule has 20 nitrogen and oxygen atoms in total. The highest BCUT2D eigenvalue weighted by molar-refractivity contribution is 8.44. The quantitative estimate of drug-likeness (QED) is 0.0906. The fourth-order valence-corrected chi connectivity index (χ4v) is 7.38. The Hall–Kier alpha value is -2.43. The fraction of sp³-hybridized carbons (Fsp3) is 0.545. The number of imidazole rings is 2. The maximum Gasteiger partial charge on any atom is 0.383 e. The molecular formula is C22H30N10O10P2S2. The predicted octanol–water partition coefficient (Wildman–Crippen LogP) is 0.447. The normalized spacial score (nSPS) is 31.0. The van der Waals surface area contributed by atoms with E-state index in [1.807, 2.05) is 0 Å². The second kappa shape index (κ2) is 12.5. The molecule has 0 spiro atoms. The van der Waals surface area contributed by atoms with Crippen LogP contribution in [0.2, 0.25) is 0 Å². The zero-order chi connectivity index (χ0) is 33.0. The summed E-state index contributed by atoms with van der Waals surface area (Å²) >= 11 is 8.84. The molecule has 2 saturated heterocycles. The van der Waals surface area contributed by atoms with Crippen molar-refractivity contribution in [1.82, 2.24) is 39.0 Å². The van der Waals surface area contributed by atoms with Crippen LogP contribution >= 0.6 is 25.8 Å². The molecule has 46 heavy (non-hydrogen) atoms. The van der Waals surface area contributed by atoms with Crippen LogP contribution in [0.5, 0.6) is 0 Å². The zero-order valence-corrected chi connectivity index (χ0v) is 27.6. The average molecular weight is 721 g/mol. The average Bonchev–Trinajstić information content (AvgIpc) is 3.76. The second-order valence-corrected chi connectivity index (χ2v) is 16.3. The van der Waals surface area contributed by atoms with E-state index in [2.05, 4.69) is 42.2 Å². The maximum absolute atomic E-state index is 11.6. The molecule has 7 N–H and O–H groups in total. The number of methoxy groups -OCH3 is 1. The topological polar surface area (TPSA) is 272 Å². The van der Waals surface area contributed by atoms with Gasteiger partial charge in [0.1, 0.15) is 48.1 Å². The van der Waals surface area contributed by atoms with Crippen LogP contribution < -0.4 is 11.5 Å². The van der Waals surface area contributed by atoms with Crippen LogP contribution in [-0.4, -0.2) is 104 Å². The van der Waals surface area contributed by atoms with Gasteiger partial charge in [0.2, 0.25) is 0 Å². The number of aliphatic hydroxyl groups is 1. The van der Waals surface area contributed by atoms with Crippen molar-refractivity contribution in [3.8, 4) is 0 Å². The lowest BCUT2D eigenvalue weighted by atomic mass is 10.0. The summed E-state index contributed by atoms with van der Waals surface area (Å²) in [5.41, 5.74) is 12.1. The van der Waals surface area contributed by atoms with E-state index in [0.29, 0.717) is 17.6 Å². The third-order valence-electron chi connectivity index (χ3n) is 7.49. The Morgan fingerprint density at radius 2 is 1.63 bits per heavy atom. The molecule has 9 atom stereocenters. The first-order valence-electron chi connectivity index (χ1n) is 13.4. The Labute approximate surface area is 270 Å². The molecule has 6 rings (SSSR count). The number of ether oxygens (including phenoxy) is 3. The van der Waals surface area contributed by atoms with E-state index in [4.69, 9.17) is 51.1 Å². The van der Waals surface area contributed by atoms with E-state index in [1.165, 1.54) is 37.0 Å². The highest BCUT2D eigenvalue weighted by Gasteiger charge is 2.50. The van der Waals surface area contributed by atoms with Gasteiger partial charge in [-0.2, -0.15) is 0 Å². The number of fused-ring (bicyclic) bond motifs is 2. The minimum absolute atomic E-state index is 0.0867. The van der Waals surface area contributed by atoms with Gasteiger partial charge in [0, 0.05) is 13.5 Å². The van der Waals surface area contributed by atoms with Gasteiger partial charge in [-0.3, -0.25) is 18.2 Å².